The number of nitrogens with one attached hydrogen (secondary N) is 1. The van der Waals surface area contributed by atoms with Gasteiger partial charge >= 0.3 is 0 Å². The zero-order valence-corrected chi connectivity index (χ0v) is 10.8. The third kappa shape index (κ3) is 1.74. The summed E-state index contributed by atoms with van der Waals surface area (Å²) in [7, 11) is 3.47. The van der Waals surface area contributed by atoms with Gasteiger partial charge in [-0.05, 0) is 12.1 Å². The monoisotopic (exact) mass is 264 g/mol. The first-order valence-electron chi connectivity index (χ1n) is 5.43. The number of fused-ring (bicyclic) bond motifs is 1. The lowest BCUT2D eigenvalue weighted by molar-refractivity contribution is 0.171. The molecule has 0 fully saturated rings. The minimum atomic E-state index is 0.236. The van der Waals surface area contributed by atoms with Gasteiger partial charge in [-0.2, -0.15) is 0 Å². The molecule has 94 valence electrons. The fourth-order valence-electron chi connectivity index (χ4n) is 1.80. The van der Waals surface area contributed by atoms with E-state index in [-0.39, 0.29) is 6.79 Å². The number of aromatic nitrogens is 1. The Labute approximate surface area is 108 Å². The summed E-state index contributed by atoms with van der Waals surface area (Å²) < 4.78 is 16.1. The van der Waals surface area contributed by atoms with Crippen molar-refractivity contribution in [2.75, 3.05) is 26.3 Å². The van der Waals surface area contributed by atoms with Crippen LogP contribution in [0.15, 0.2) is 18.3 Å². The van der Waals surface area contributed by atoms with E-state index in [1.807, 2.05) is 25.4 Å². The number of hydrogen-bond donors (Lipinski definition) is 1. The first kappa shape index (κ1) is 11.2. The molecule has 1 N–H and O–H groups in total. The smallest absolute Gasteiger partial charge is 0.231 e. The molecule has 2 aromatic rings. The molecule has 6 heteroatoms. The number of nitrogens with zero attached hydrogens (tertiary/aromatic N) is 1. The van der Waals surface area contributed by atoms with Gasteiger partial charge in [-0.1, -0.05) is 11.3 Å². The highest BCUT2D eigenvalue weighted by molar-refractivity contribution is 7.18. The maximum atomic E-state index is 5.40. The van der Waals surface area contributed by atoms with Gasteiger partial charge in [-0.15, -0.1) is 0 Å². The maximum Gasteiger partial charge on any atom is 0.231 e. The van der Waals surface area contributed by atoms with E-state index in [1.165, 1.54) is 0 Å². The second kappa shape index (κ2) is 4.38. The van der Waals surface area contributed by atoms with E-state index >= 15 is 0 Å². The topological polar surface area (TPSA) is 52.6 Å². The number of methoxy groups -OCH3 is 1. The summed E-state index contributed by atoms with van der Waals surface area (Å²) in [4.78, 5) is 5.31. The lowest BCUT2D eigenvalue weighted by Gasteiger charge is -2.06. The van der Waals surface area contributed by atoms with Crippen LogP contribution in [0.4, 0.5) is 5.13 Å². The Morgan fingerprint density at radius 3 is 3.00 bits per heavy atom. The van der Waals surface area contributed by atoms with E-state index in [1.54, 1.807) is 18.4 Å². The van der Waals surface area contributed by atoms with Gasteiger partial charge in [-0.3, -0.25) is 0 Å². The largest absolute Gasteiger partial charge is 0.493 e. The van der Waals surface area contributed by atoms with E-state index in [4.69, 9.17) is 14.2 Å². The summed E-state index contributed by atoms with van der Waals surface area (Å²) >= 11 is 1.58. The fourth-order valence-corrected chi connectivity index (χ4v) is 2.55. The highest BCUT2D eigenvalue weighted by atomic mass is 32.1. The molecule has 2 heterocycles. The Morgan fingerprint density at radius 1 is 1.39 bits per heavy atom. The van der Waals surface area contributed by atoms with Crippen molar-refractivity contribution in [2.24, 2.45) is 0 Å². The molecule has 5 nitrogen and oxygen atoms in total. The van der Waals surface area contributed by atoms with Gasteiger partial charge in [0.25, 0.3) is 0 Å². The molecule has 18 heavy (non-hydrogen) atoms. The summed E-state index contributed by atoms with van der Waals surface area (Å²) in [5.74, 6) is 2.06. The average Bonchev–Trinajstić information content (AvgIpc) is 3.05. The van der Waals surface area contributed by atoms with Crippen LogP contribution in [0.25, 0.3) is 10.4 Å². The van der Waals surface area contributed by atoms with Crippen molar-refractivity contribution in [3.8, 4) is 27.7 Å². The SMILES string of the molecule is CNc1ncc(-c2cc(OC)c3c(c2)OCO3)s1. The van der Waals surface area contributed by atoms with Crippen molar-refractivity contribution >= 4 is 16.5 Å². The summed E-state index contributed by atoms with van der Waals surface area (Å²) in [6.07, 6.45) is 1.83. The van der Waals surface area contributed by atoms with Gasteiger partial charge in [0.2, 0.25) is 12.5 Å². The van der Waals surface area contributed by atoms with Gasteiger partial charge in [0.1, 0.15) is 0 Å². The molecule has 0 saturated carbocycles. The van der Waals surface area contributed by atoms with Crippen LogP contribution < -0.4 is 19.5 Å². The Morgan fingerprint density at radius 2 is 2.28 bits per heavy atom. The van der Waals surface area contributed by atoms with Crippen molar-refractivity contribution in [1.29, 1.82) is 0 Å². The quantitative estimate of drug-likeness (QED) is 0.923. The van der Waals surface area contributed by atoms with E-state index in [9.17, 15) is 0 Å². The number of hydrogen-bond acceptors (Lipinski definition) is 6. The standard InChI is InChI=1S/C12H12N2O3S/c1-13-12-14-5-10(18-12)7-3-8(15-2)11-9(4-7)16-6-17-11/h3-5H,6H2,1-2H3,(H,13,14). The molecule has 1 aromatic carbocycles. The van der Waals surface area contributed by atoms with Gasteiger partial charge in [0.05, 0.1) is 12.0 Å². The molecule has 0 unspecified atom stereocenters. The normalized spacial score (nSPS) is 12.6. The molecule has 0 bridgehead atoms. The van der Waals surface area contributed by atoms with E-state index in [2.05, 4.69) is 10.3 Å². The molecule has 3 rings (SSSR count). The molecule has 0 spiro atoms. The third-order valence-electron chi connectivity index (χ3n) is 2.66. The number of rotatable bonds is 3. The van der Waals surface area contributed by atoms with Crippen molar-refractivity contribution in [1.82, 2.24) is 4.98 Å². The van der Waals surface area contributed by atoms with E-state index < -0.39 is 0 Å². The molecule has 0 aliphatic carbocycles. The predicted octanol–water partition coefficient (Wildman–Crippen LogP) is 2.59. The first-order chi connectivity index (χ1) is 8.81. The Balaban J connectivity index is 2.07. The minimum Gasteiger partial charge on any atom is -0.493 e. The lowest BCUT2D eigenvalue weighted by Crippen LogP contribution is -1.93. The predicted molar refractivity (Wildman–Crippen MR) is 69.8 cm³/mol. The van der Waals surface area contributed by atoms with Crippen molar-refractivity contribution in [3.05, 3.63) is 18.3 Å². The van der Waals surface area contributed by atoms with Crippen molar-refractivity contribution in [2.45, 2.75) is 0 Å². The molecule has 0 amide bonds. The van der Waals surface area contributed by atoms with Crippen LogP contribution in [0.2, 0.25) is 0 Å². The summed E-state index contributed by atoms with van der Waals surface area (Å²) in [6, 6.07) is 3.87. The van der Waals surface area contributed by atoms with Gasteiger partial charge in [0.15, 0.2) is 16.6 Å². The van der Waals surface area contributed by atoms with Gasteiger partial charge in [-0.25, -0.2) is 4.98 Å². The van der Waals surface area contributed by atoms with Crippen LogP contribution in [-0.2, 0) is 0 Å². The number of benzene rings is 1. The summed E-state index contributed by atoms with van der Waals surface area (Å²) in [5.41, 5.74) is 1.01. The van der Waals surface area contributed by atoms with Crippen LogP contribution in [0.5, 0.6) is 17.2 Å². The molecule has 0 radical (unpaired) electrons. The number of anilines is 1. The molecular formula is C12H12N2O3S. The highest BCUT2D eigenvalue weighted by Crippen LogP contribution is 2.45. The molecular weight excluding hydrogens is 252 g/mol. The second-order valence-electron chi connectivity index (χ2n) is 3.69. The number of ether oxygens (including phenoxy) is 3. The molecule has 1 aromatic heterocycles. The van der Waals surface area contributed by atoms with E-state index in [0.29, 0.717) is 17.2 Å². The maximum absolute atomic E-state index is 5.40. The average molecular weight is 264 g/mol. The molecule has 0 saturated heterocycles. The van der Waals surface area contributed by atoms with Crippen LogP contribution >= 0.6 is 11.3 Å². The van der Waals surface area contributed by atoms with Crippen molar-refractivity contribution in [3.63, 3.8) is 0 Å². The first-order valence-corrected chi connectivity index (χ1v) is 6.25. The molecule has 1 aliphatic heterocycles. The second-order valence-corrected chi connectivity index (χ2v) is 4.72. The Hall–Kier alpha value is -1.95. The summed E-state index contributed by atoms with van der Waals surface area (Å²) in [6.45, 7) is 0.236. The van der Waals surface area contributed by atoms with Crippen LogP contribution in [0.3, 0.4) is 0 Å². The fraction of sp³-hybridized carbons (Fsp3) is 0.250. The van der Waals surface area contributed by atoms with Crippen LogP contribution in [-0.4, -0.2) is 25.9 Å². The minimum absolute atomic E-state index is 0.236. The third-order valence-corrected chi connectivity index (χ3v) is 3.73. The van der Waals surface area contributed by atoms with Crippen LogP contribution in [0, 0.1) is 0 Å². The Kier molecular flexibility index (Phi) is 2.71. The zero-order chi connectivity index (χ0) is 12.5. The van der Waals surface area contributed by atoms with Gasteiger partial charge < -0.3 is 19.5 Å². The van der Waals surface area contributed by atoms with E-state index in [0.717, 1.165) is 15.6 Å². The van der Waals surface area contributed by atoms with Gasteiger partial charge in [0, 0.05) is 18.8 Å². The highest BCUT2D eigenvalue weighted by Gasteiger charge is 2.21. The lowest BCUT2D eigenvalue weighted by atomic mass is 10.1. The molecule has 0 atom stereocenters. The Bertz CT molecular complexity index is 583. The summed E-state index contributed by atoms with van der Waals surface area (Å²) in [5, 5.41) is 3.89. The van der Waals surface area contributed by atoms with Crippen LogP contribution in [0.1, 0.15) is 0 Å². The van der Waals surface area contributed by atoms with Crippen molar-refractivity contribution < 1.29 is 14.2 Å². The molecule has 1 aliphatic rings. The zero-order valence-electron chi connectivity index (χ0n) is 10.0. The number of thiazole rings is 1.